The summed E-state index contributed by atoms with van der Waals surface area (Å²) in [5, 5.41) is 0. The van der Waals surface area contributed by atoms with Crippen LogP contribution in [0, 0.1) is 5.41 Å². The van der Waals surface area contributed by atoms with Gasteiger partial charge in [0.25, 0.3) is 0 Å². The van der Waals surface area contributed by atoms with Crippen molar-refractivity contribution >= 4 is 5.78 Å². The van der Waals surface area contributed by atoms with E-state index in [1.807, 2.05) is 34.6 Å². The van der Waals surface area contributed by atoms with Crippen LogP contribution in [0.15, 0.2) is 18.5 Å². The predicted octanol–water partition coefficient (Wildman–Crippen LogP) is 2.82. The molecule has 4 heteroatoms. The minimum atomic E-state index is -0.669. The molecule has 0 fully saturated rings. The van der Waals surface area contributed by atoms with Crippen molar-refractivity contribution in [3.63, 3.8) is 0 Å². The molecule has 106 valence electrons. The number of nitrogens with two attached hydrogens (primary N) is 1. The molecule has 2 N–H and O–H groups in total. The minimum Gasteiger partial charge on any atom is -0.492 e. The van der Waals surface area contributed by atoms with Crippen LogP contribution in [0.2, 0.25) is 0 Å². The number of carbonyl (C=O) groups is 1. The highest BCUT2D eigenvalue weighted by atomic mass is 16.5. The first-order chi connectivity index (χ1) is 8.70. The number of nitrogens with zero attached hydrogens (tertiary/aromatic N) is 1. The number of hydrogen-bond acceptors (Lipinski definition) is 4. The van der Waals surface area contributed by atoms with E-state index in [2.05, 4.69) is 4.98 Å². The number of carbonyl (C=O) groups excluding carboxylic acids is 1. The minimum absolute atomic E-state index is 0.0190. The first-order valence-electron chi connectivity index (χ1n) is 6.61. The molecule has 0 spiro atoms. The van der Waals surface area contributed by atoms with Gasteiger partial charge in [0.2, 0.25) is 0 Å². The van der Waals surface area contributed by atoms with Gasteiger partial charge in [0, 0.05) is 22.7 Å². The van der Waals surface area contributed by atoms with E-state index in [4.69, 9.17) is 10.5 Å². The van der Waals surface area contributed by atoms with Gasteiger partial charge in [0.05, 0.1) is 12.8 Å². The molecule has 0 atom stereocenters. The number of pyridine rings is 1. The summed E-state index contributed by atoms with van der Waals surface area (Å²) in [5.41, 5.74) is 5.36. The van der Waals surface area contributed by atoms with Crippen molar-refractivity contribution in [1.29, 1.82) is 0 Å². The topological polar surface area (TPSA) is 65.2 Å². The van der Waals surface area contributed by atoms with Gasteiger partial charge in [-0.1, -0.05) is 20.8 Å². The molecule has 0 saturated carbocycles. The van der Waals surface area contributed by atoms with Crippen molar-refractivity contribution in [2.75, 3.05) is 6.61 Å². The molecule has 4 nitrogen and oxygen atoms in total. The summed E-state index contributed by atoms with van der Waals surface area (Å²) >= 11 is 0. The van der Waals surface area contributed by atoms with Gasteiger partial charge in [-0.05, 0) is 26.3 Å². The fourth-order valence-corrected chi connectivity index (χ4v) is 1.50. The van der Waals surface area contributed by atoms with Crippen LogP contribution < -0.4 is 10.5 Å². The van der Waals surface area contributed by atoms with Gasteiger partial charge in [-0.3, -0.25) is 9.78 Å². The third kappa shape index (κ3) is 3.53. The highest BCUT2D eigenvalue weighted by Gasteiger charge is 2.40. The lowest BCUT2D eigenvalue weighted by Crippen LogP contribution is -2.51. The molecular weight excluding hydrogens is 240 g/mol. The van der Waals surface area contributed by atoms with Crippen LogP contribution in [0.5, 0.6) is 5.75 Å². The summed E-state index contributed by atoms with van der Waals surface area (Å²) in [6, 6.07) is 1.73. The highest BCUT2D eigenvalue weighted by Crippen LogP contribution is 2.32. The number of ketones is 1. The number of ether oxygens (including phenoxy) is 1. The number of rotatable bonds is 6. The Balaban J connectivity index is 3.00. The Labute approximate surface area is 115 Å². The van der Waals surface area contributed by atoms with Crippen molar-refractivity contribution in [3.8, 4) is 5.75 Å². The fraction of sp³-hybridized carbons (Fsp3) is 0.600. The van der Waals surface area contributed by atoms with Crippen LogP contribution in [0.25, 0.3) is 0 Å². The van der Waals surface area contributed by atoms with E-state index < -0.39 is 11.0 Å². The maximum Gasteiger partial charge on any atom is 0.171 e. The zero-order chi connectivity index (χ0) is 14.7. The molecule has 0 aromatic carbocycles. The Morgan fingerprint density at radius 2 is 1.95 bits per heavy atom. The second kappa shape index (κ2) is 5.70. The third-order valence-corrected chi connectivity index (χ3v) is 3.63. The standard InChI is InChI=1S/C15H24N2O2/c1-6-7-19-12-8-11(9-17-10-12)13(18)14(2,3)15(4,5)16/h8-10H,6-7,16H2,1-5H3. The van der Waals surface area contributed by atoms with E-state index in [-0.39, 0.29) is 5.78 Å². The molecular formula is C15H24N2O2. The molecule has 1 aromatic heterocycles. The van der Waals surface area contributed by atoms with Crippen molar-refractivity contribution < 1.29 is 9.53 Å². The molecule has 0 aliphatic rings. The number of aromatic nitrogens is 1. The summed E-state index contributed by atoms with van der Waals surface area (Å²) in [5.74, 6) is 0.604. The van der Waals surface area contributed by atoms with Crippen molar-refractivity contribution in [2.45, 2.75) is 46.6 Å². The van der Waals surface area contributed by atoms with E-state index in [0.29, 0.717) is 17.9 Å². The molecule has 1 aromatic rings. The molecule has 0 aliphatic heterocycles. The lowest BCUT2D eigenvalue weighted by molar-refractivity contribution is 0.0734. The second-order valence-corrected chi connectivity index (χ2v) is 5.93. The lowest BCUT2D eigenvalue weighted by atomic mass is 9.70. The van der Waals surface area contributed by atoms with Gasteiger partial charge in [-0.15, -0.1) is 0 Å². The van der Waals surface area contributed by atoms with E-state index in [0.717, 1.165) is 6.42 Å². The Hall–Kier alpha value is -1.42. The van der Waals surface area contributed by atoms with Crippen LogP contribution in [-0.2, 0) is 0 Å². The van der Waals surface area contributed by atoms with Crippen molar-refractivity contribution in [2.24, 2.45) is 11.1 Å². The zero-order valence-electron chi connectivity index (χ0n) is 12.5. The molecule has 19 heavy (non-hydrogen) atoms. The van der Waals surface area contributed by atoms with Gasteiger partial charge in [0.15, 0.2) is 5.78 Å². The normalized spacial score (nSPS) is 12.3. The van der Waals surface area contributed by atoms with Crippen LogP contribution in [0.4, 0.5) is 0 Å². The first-order valence-corrected chi connectivity index (χ1v) is 6.61. The summed E-state index contributed by atoms with van der Waals surface area (Å²) < 4.78 is 5.50. The smallest absolute Gasteiger partial charge is 0.171 e. The maximum absolute atomic E-state index is 12.6. The quantitative estimate of drug-likeness (QED) is 0.802. The Morgan fingerprint density at radius 3 is 2.47 bits per heavy atom. The van der Waals surface area contributed by atoms with Gasteiger partial charge in [0.1, 0.15) is 5.75 Å². The van der Waals surface area contributed by atoms with E-state index in [1.165, 1.54) is 0 Å². The monoisotopic (exact) mass is 264 g/mol. The summed E-state index contributed by atoms with van der Waals surface area (Å²) in [6.07, 6.45) is 4.10. The molecule has 1 heterocycles. The van der Waals surface area contributed by atoms with Gasteiger partial charge in [-0.25, -0.2) is 0 Å². The molecule has 0 amide bonds. The fourth-order valence-electron chi connectivity index (χ4n) is 1.50. The van der Waals surface area contributed by atoms with E-state index in [1.54, 1.807) is 18.5 Å². The summed E-state index contributed by atoms with van der Waals surface area (Å²) in [7, 11) is 0. The van der Waals surface area contributed by atoms with Crippen LogP contribution in [0.3, 0.4) is 0 Å². The molecule has 1 rings (SSSR count). The average molecular weight is 264 g/mol. The van der Waals surface area contributed by atoms with Crippen molar-refractivity contribution in [1.82, 2.24) is 4.98 Å². The first kappa shape index (κ1) is 15.6. The molecule has 0 radical (unpaired) electrons. The Morgan fingerprint density at radius 1 is 1.32 bits per heavy atom. The Bertz CT molecular complexity index is 448. The summed E-state index contributed by atoms with van der Waals surface area (Å²) in [4.78, 5) is 16.6. The van der Waals surface area contributed by atoms with Gasteiger partial charge >= 0.3 is 0 Å². The molecule has 0 saturated heterocycles. The van der Waals surface area contributed by atoms with Crippen molar-refractivity contribution in [3.05, 3.63) is 24.0 Å². The largest absolute Gasteiger partial charge is 0.492 e. The summed E-state index contributed by atoms with van der Waals surface area (Å²) in [6.45, 7) is 10.1. The lowest BCUT2D eigenvalue weighted by Gasteiger charge is -2.37. The third-order valence-electron chi connectivity index (χ3n) is 3.63. The average Bonchev–Trinajstić information content (AvgIpc) is 2.34. The number of hydrogen-bond donors (Lipinski definition) is 1. The van der Waals surface area contributed by atoms with Crippen LogP contribution >= 0.6 is 0 Å². The zero-order valence-corrected chi connectivity index (χ0v) is 12.5. The van der Waals surface area contributed by atoms with Gasteiger partial charge in [-0.2, -0.15) is 0 Å². The number of Topliss-reactive ketones (excluding diaryl/α,β-unsaturated/α-hetero) is 1. The van der Waals surface area contributed by atoms with Gasteiger partial charge < -0.3 is 10.5 Å². The highest BCUT2D eigenvalue weighted by molar-refractivity contribution is 6.01. The van der Waals surface area contributed by atoms with E-state index >= 15 is 0 Å². The van der Waals surface area contributed by atoms with Crippen LogP contribution in [-0.4, -0.2) is 22.9 Å². The predicted molar refractivity (Wildman–Crippen MR) is 76.4 cm³/mol. The van der Waals surface area contributed by atoms with E-state index in [9.17, 15) is 4.79 Å². The SMILES string of the molecule is CCCOc1cncc(C(=O)C(C)(C)C(C)(C)N)c1. The maximum atomic E-state index is 12.6. The Kier molecular flexibility index (Phi) is 4.69. The molecule has 0 bridgehead atoms. The second-order valence-electron chi connectivity index (χ2n) is 5.93. The van der Waals surface area contributed by atoms with Crippen LogP contribution in [0.1, 0.15) is 51.4 Å². The molecule has 0 unspecified atom stereocenters. The molecule has 0 aliphatic carbocycles.